The maximum Gasteiger partial charge on any atom is 0.107 e. The molecule has 4 heteroatoms. The second kappa shape index (κ2) is 9.14. The van der Waals surface area contributed by atoms with E-state index in [-0.39, 0.29) is 0 Å². The highest BCUT2D eigenvalue weighted by Crippen LogP contribution is 2.35. The Balaban J connectivity index is 1.32. The summed E-state index contributed by atoms with van der Waals surface area (Å²) in [5.74, 6) is 0.801. The van der Waals surface area contributed by atoms with E-state index in [1.807, 2.05) is 11.3 Å². The first-order valence-corrected chi connectivity index (χ1v) is 10.5. The Kier molecular flexibility index (Phi) is 6.91. The predicted octanol–water partition coefficient (Wildman–Crippen LogP) is 4.54. The molecule has 1 saturated carbocycles. The molecule has 0 amide bonds. The summed E-state index contributed by atoms with van der Waals surface area (Å²) >= 11 is 1.94. The minimum atomic E-state index is 0.792. The fourth-order valence-corrected chi connectivity index (χ4v) is 5.13. The molecule has 1 aromatic rings. The van der Waals surface area contributed by atoms with Gasteiger partial charge in [0.25, 0.3) is 0 Å². The second-order valence-electron chi connectivity index (χ2n) is 7.40. The summed E-state index contributed by atoms with van der Waals surface area (Å²) in [7, 11) is 0. The second-order valence-corrected chi connectivity index (χ2v) is 8.55. The maximum atomic E-state index is 4.64. The molecule has 0 spiro atoms. The minimum absolute atomic E-state index is 0.792. The zero-order valence-corrected chi connectivity index (χ0v) is 15.5. The fourth-order valence-electron chi connectivity index (χ4n) is 4.07. The first-order valence-electron chi connectivity index (χ1n) is 9.72. The van der Waals surface area contributed by atoms with Gasteiger partial charge >= 0.3 is 0 Å². The van der Waals surface area contributed by atoms with E-state index in [0.29, 0.717) is 0 Å². The summed E-state index contributed by atoms with van der Waals surface area (Å²) < 4.78 is 0. The van der Waals surface area contributed by atoms with E-state index in [2.05, 4.69) is 28.3 Å². The lowest BCUT2D eigenvalue weighted by Gasteiger charge is -2.33. The maximum absolute atomic E-state index is 4.64. The number of aromatic nitrogens is 1. The standard InChI is InChI=1S/C19H33N3S/c1-16-8-5-6-12-22(16)13-7-11-20-15-19-21-14-18(23-19)17-9-3-2-4-10-17/h14,16-17,20H,2-13,15H2,1H3. The van der Waals surface area contributed by atoms with Crippen molar-refractivity contribution in [2.75, 3.05) is 19.6 Å². The van der Waals surface area contributed by atoms with Crippen molar-refractivity contribution in [2.45, 2.75) is 83.2 Å². The predicted molar refractivity (Wildman–Crippen MR) is 99.1 cm³/mol. The Bertz CT molecular complexity index is 453. The Morgan fingerprint density at radius 3 is 2.83 bits per heavy atom. The van der Waals surface area contributed by atoms with Gasteiger partial charge in [-0.25, -0.2) is 4.98 Å². The molecule has 1 aromatic heterocycles. The number of piperidine rings is 1. The third-order valence-electron chi connectivity index (χ3n) is 5.59. The lowest BCUT2D eigenvalue weighted by atomic mass is 9.89. The highest BCUT2D eigenvalue weighted by atomic mass is 32.1. The number of thiazole rings is 1. The topological polar surface area (TPSA) is 28.2 Å². The molecule has 1 aliphatic carbocycles. The highest BCUT2D eigenvalue weighted by Gasteiger charge is 2.18. The van der Waals surface area contributed by atoms with Gasteiger partial charge in [-0.05, 0) is 64.6 Å². The van der Waals surface area contributed by atoms with Gasteiger partial charge in [-0.3, -0.25) is 0 Å². The molecule has 1 saturated heterocycles. The van der Waals surface area contributed by atoms with Crippen LogP contribution in [0.2, 0.25) is 0 Å². The van der Waals surface area contributed by atoms with Crippen LogP contribution in [0.1, 0.15) is 80.5 Å². The average Bonchev–Trinajstić information content (AvgIpc) is 3.06. The Hall–Kier alpha value is -0.450. The van der Waals surface area contributed by atoms with Gasteiger partial charge < -0.3 is 10.2 Å². The van der Waals surface area contributed by atoms with Crippen molar-refractivity contribution in [1.82, 2.24) is 15.2 Å². The van der Waals surface area contributed by atoms with Crippen LogP contribution < -0.4 is 5.32 Å². The smallest absolute Gasteiger partial charge is 0.107 e. The first-order chi connectivity index (χ1) is 11.3. The molecule has 2 fully saturated rings. The highest BCUT2D eigenvalue weighted by molar-refractivity contribution is 7.11. The summed E-state index contributed by atoms with van der Waals surface area (Å²) in [6, 6.07) is 0.792. The number of nitrogens with zero attached hydrogens (tertiary/aromatic N) is 2. The van der Waals surface area contributed by atoms with Gasteiger partial charge in [0.1, 0.15) is 5.01 Å². The van der Waals surface area contributed by atoms with Crippen molar-refractivity contribution in [3.63, 3.8) is 0 Å². The van der Waals surface area contributed by atoms with Crippen LogP contribution in [-0.4, -0.2) is 35.6 Å². The summed E-state index contributed by atoms with van der Waals surface area (Å²) in [4.78, 5) is 8.83. The number of rotatable bonds is 7. The van der Waals surface area contributed by atoms with Crippen molar-refractivity contribution in [3.05, 3.63) is 16.1 Å². The quantitative estimate of drug-likeness (QED) is 0.741. The van der Waals surface area contributed by atoms with Crippen molar-refractivity contribution < 1.29 is 0 Å². The molecule has 3 nitrogen and oxygen atoms in total. The molecule has 2 aliphatic rings. The van der Waals surface area contributed by atoms with Crippen molar-refractivity contribution in [1.29, 1.82) is 0 Å². The molecule has 0 bridgehead atoms. The third kappa shape index (κ3) is 5.27. The molecule has 1 atom stereocenters. The zero-order valence-electron chi connectivity index (χ0n) is 14.7. The van der Waals surface area contributed by atoms with Crippen LogP contribution in [0.15, 0.2) is 6.20 Å². The van der Waals surface area contributed by atoms with E-state index in [0.717, 1.165) is 25.0 Å². The summed E-state index contributed by atoms with van der Waals surface area (Å²) in [5, 5.41) is 4.87. The van der Waals surface area contributed by atoms with Gasteiger partial charge in [-0.2, -0.15) is 0 Å². The van der Waals surface area contributed by atoms with Crippen molar-refractivity contribution in [3.8, 4) is 0 Å². The lowest BCUT2D eigenvalue weighted by Crippen LogP contribution is -2.38. The van der Waals surface area contributed by atoms with Crippen molar-refractivity contribution in [2.24, 2.45) is 0 Å². The van der Waals surface area contributed by atoms with Gasteiger partial charge in [0.2, 0.25) is 0 Å². The first kappa shape index (κ1) is 17.4. The zero-order chi connectivity index (χ0) is 15.9. The van der Waals surface area contributed by atoms with Crippen LogP contribution >= 0.6 is 11.3 Å². The molecule has 1 aliphatic heterocycles. The fraction of sp³-hybridized carbons (Fsp3) is 0.842. The molecule has 130 valence electrons. The van der Waals surface area contributed by atoms with Gasteiger partial charge in [0.15, 0.2) is 0 Å². The molecule has 1 unspecified atom stereocenters. The van der Waals surface area contributed by atoms with Crippen LogP contribution in [0, 0.1) is 0 Å². The van der Waals surface area contributed by atoms with Gasteiger partial charge in [0.05, 0.1) is 0 Å². The van der Waals surface area contributed by atoms with E-state index >= 15 is 0 Å². The molecule has 0 aromatic carbocycles. The summed E-state index contributed by atoms with van der Waals surface area (Å²) in [5.41, 5.74) is 0. The van der Waals surface area contributed by atoms with Crippen LogP contribution in [0.5, 0.6) is 0 Å². The van der Waals surface area contributed by atoms with Crippen LogP contribution in [0.3, 0.4) is 0 Å². The minimum Gasteiger partial charge on any atom is -0.310 e. The van der Waals surface area contributed by atoms with E-state index < -0.39 is 0 Å². The molecule has 1 N–H and O–H groups in total. The Labute approximate surface area is 145 Å². The van der Waals surface area contributed by atoms with E-state index in [9.17, 15) is 0 Å². The van der Waals surface area contributed by atoms with Crippen LogP contribution in [0.25, 0.3) is 0 Å². The van der Waals surface area contributed by atoms with Crippen LogP contribution in [0.4, 0.5) is 0 Å². The van der Waals surface area contributed by atoms with Gasteiger partial charge in [-0.15, -0.1) is 11.3 Å². The number of hydrogen-bond donors (Lipinski definition) is 1. The monoisotopic (exact) mass is 335 g/mol. The van der Waals surface area contributed by atoms with Gasteiger partial charge in [0, 0.05) is 23.7 Å². The van der Waals surface area contributed by atoms with E-state index in [1.54, 1.807) is 0 Å². The average molecular weight is 336 g/mol. The number of likely N-dealkylation sites (tertiary alicyclic amines) is 1. The SMILES string of the molecule is CC1CCCCN1CCCNCc1ncc(C2CCCCC2)s1. The summed E-state index contributed by atoms with van der Waals surface area (Å²) in [6.45, 7) is 7.00. The van der Waals surface area contributed by atoms with E-state index in [4.69, 9.17) is 0 Å². The molecular formula is C19H33N3S. The number of nitrogens with one attached hydrogen (secondary N) is 1. The van der Waals surface area contributed by atoms with E-state index in [1.165, 1.54) is 80.8 Å². The molecule has 2 heterocycles. The normalized spacial score (nSPS) is 24.1. The molecule has 23 heavy (non-hydrogen) atoms. The molecule has 3 rings (SSSR count). The molecule has 0 radical (unpaired) electrons. The van der Waals surface area contributed by atoms with Crippen molar-refractivity contribution >= 4 is 11.3 Å². The number of hydrogen-bond acceptors (Lipinski definition) is 4. The lowest BCUT2D eigenvalue weighted by molar-refractivity contribution is 0.159. The Morgan fingerprint density at radius 1 is 1.17 bits per heavy atom. The molecular weight excluding hydrogens is 302 g/mol. The Morgan fingerprint density at radius 2 is 2.00 bits per heavy atom. The summed E-state index contributed by atoms with van der Waals surface area (Å²) in [6.07, 6.45) is 14.6. The van der Waals surface area contributed by atoms with Gasteiger partial charge in [-0.1, -0.05) is 25.7 Å². The van der Waals surface area contributed by atoms with Crippen LogP contribution in [-0.2, 0) is 6.54 Å². The third-order valence-corrected chi connectivity index (χ3v) is 6.75. The largest absolute Gasteiger partial charge is 0.310 e.